The number of benzene rings is 2. The second kappa shape index (κ2) is 16.6. The molecule has 1 heterocycles. The van der Waals surface area contributed by atoms with E-state index < -0.39 is 29.6 Å². The molecule has 2 aromatic rings. The highest BCUT2D eigenvalue weighted by molar-refractivity contribution is 7.89. The van der Waals surface area contributed by atoms with E-state index in [9.17, 15) is 18.3 Å². The Balaban J connectivity index is 1.44. The molecule has 1 saturated carbocycles. The molecule has 11 heteroatoms. The van der Waals surface area contributed by atoms with Crippen molar-refractivity contribution < 1.29 is 27.5 Å². The first-order chi connectivity index (χ1) is 24.5. The normalized spacial score (nSPS) is 23.3. The Morgan fingerprint density at radius 3 is 2.40 bits per heavy atom. The van der Waals surface area contributed by atoms with Crippen molar-refractivity contribution in [3.8, 4) is 5.75 Å². The van der Waals surface area contributed by atoms with E-state index in [-0.39, 0.29) is 17.1 Å². The van der Waals surface area contributed by atoms with Crippen LogP contribution in [0.2, 0.25) is 21.6 Å². The van der Waals surface area contributed by atoms with Crippen molar-refractivity contribution in [2.24, 2.45) is 17.0 Å². The highest BCUT2D eigenvalue weighted by Crippen LogP contribution is 2.47. The van der Waals surface area contributed by atoms with Gasteiger partial charge in [0.1, 0.15) is 5.75 Å². The minimum atomic E-state index is -3.65. The predicted molar refractivity (Wildman–Crippen MR) is 215 cm³/mol. The van der Waals surface area contributed by atoms with Crippen LogP contribution in [-0.4, -0.2) is 58.9 Å². The number of rotatable bonds is 15. The van der Waals surface area contributed by atoms with Crippen LogP contribution in [-0.2, 0) is 26.3 Å². The molecule has 0 saturated heterocycles. The van der Waals surface area contributed by atoms with Crippen molar-refractivity contribution in [1.82, 2.24) is 0 Å². The third kappa shape index (κ3) is 8.62. The summed E-state index contributed by atoms with van der Waals surface area (Å²) in [6, 6.07) is 11.5. The van der Waals surface area contributed by atoms with Crippen molar-refractivity contribution in [2.45, 2.75) is 133 Å². The number of carboxylic acid groups (broad SMARTS) is 1. The highest BCUT2D eigenvalue weighted by Gasteiger charge is 2.47. The molecule has 1 unspecified atom stereocenters. The fourth-order valence-corrected chi connectivity index (χ4v) is 16.3. The summed E-state index contributed by atoms with van der Waals surface area (Å²) in [4.78, 5) is 14.5. The maximum atomic E-state index is 12.4. The Bertz CT molecular complexity index is 1690. The number of aryl methyl sites for hydroxylation is 1. The zero-order chi connectivity index (χ0) is 38.0. The van der Waals surface area contributed by atoms with Crippen LogP contribution in [0.5, 0.6) is 5.75 Å². The van der Waals surface area contributed by atoms with Gasteiger partial charge in [-0.15, -0.1) is 0 Å². The largest absolute Gasteiger partial charge is 0.490 e. The van der Waals surface area contributed by atoms with Crippen LogP contribution >= 0.6 is 11.6 Å². The summed E-state index contributed by atoms with van der Waals surface area (Å²) in [7, 11) is -5.91. The van der Waals surface area contributed by atoms with E-state index in [1.54, 1.807) is 12.1 Å². The summed E-state index contributed by atoms with van der Waals surface area (Å²) in [5, 5.41) is 15.7. The zero-order valence-electron chi connectivity index (χ0n) is 32.2. The van der Waals surface area contributed by atoms with Crippen LogP contribution in [0.25, 0.3) is 0 Å². The molecule has 3 aliphatic rings. The lowest BCUT2D eigenvalue weighted by atomic mass is 9.69. The molecule has 3 N–H and O–H groups in total. The van der Waals surface area contributed by atoms with Gasteiger partial charge in [-0.25, -0.2) is 18.4 Å². The van der Waals surface area contributed by atoms with Crippen molar-refractivity contribution in [2.75, 3.05) is 24.6 Å². The molecule has 5 atom stereocenters. The molecule has 5 rings (SSSR count). The molecule has 288 valence electrons. The number of nitrogens with two attached hydrogens (primary N) is 1. The van der Waals surface area contributed by atoms with Gasteiger partial charge >= 0.3 is 5.97 Å². The number of carboxylic acids is 1. The van der Waals surface area contributed by atoms with Crippen LogP contribution in [0.3, 0.4) is 0 Å². The van der Waals surface area contributed by atoms with Gasteiger partial charge in [0.2, 0.25) is 18.3 Å². The zero-order valence-corrected chi connectivity index (χ0v) is 34.8. The SMILES string of the molecule is CC[C@H](CC[C@@H](/C=C/[C@@H]1CC[C@H]1CN1CC2(CCCc3cc(Cl)ccc32)COc2ccc(C(=O)O)cc21)O[Si](C(C)C)(C(C)C)C(C)C)S(N)(=O)=O. The number of hydrogen-bond acceptors (Lipinski definition) is 6. The molecular formula is C41H61ClN2O6SSi. The van der Waals surface area contributed by atoms with Gasteiger partial charge in [0.15, 0.2) is 0 Å². The van der Waals surface area contributed by atoms with Crippen LogP contribution < -0.4 is 14.8 Å². The number of ether oxygens (including phenoxy) is 1. The predicted octanol–water partition coefficient (Wildman–Crippen LogP) is 9.50. The van der Waals surface area contributed by atoms with Gasteiger partial charge in [0.05, 0.1) is 29.2 Å². The summed E-state index contributed by atoms with van der Waals surface area (Å²) >= 11 is 6.45. The van der Waals surface area contributed by atoms with Gasteiger partial charge in [-0.05, 0) is 121 Å². The van der Waals surface area contributed by atoms with E-state index in [0.717, 1.165) is 61.7 Å². The molecule has 1 spiro atoms. The molecule has 8 nitrogen and oxygen atoms in total. The third-order valence-corrected chi connectivity index (χ3v) is 20.4. The smallest absolute Gasteiger partial charge is 0.335 e. The van der Waals surface area contributed by atoms with Crippen molar-refractivity contribution in [3.63, 3.8) is 0 Å². The average molecular weight is 774 g/mol. The Morgan fingerprint density at radius 1 is 1.10 bits per heavy atom. The van der Waals surface area contributed by atoms with Crippen molar-refractivity contribution in [3.05, 3.63) is 70.3 Å². The summed E-state index contributed by atoms with van der Waals surface area (Å²) in [5.41, 5.74) is 4.59. The minimum Gasteiger partial charge on any atom is -0.490 e. The minimum absolute atomic E-state index is 0.199. The van der Waals surface area contributed by atoms with Crippen LogP contribution in [0.15, 0.2) is 48.6 Å². The van der Waals surface area contributed by atoms with E-state index in [2.05, 4.69) is 70.7 Å². The summed E-state index contributed by atoms with van der Waals surface area (Å²) in [6.07, 6.45) is 11.0. The number of sulfonamides is 1. The molecular weight excluding hydrogens is 712 g/mol. The number of aromatic carboxylic acids is 1. The van der Waals surface area contributed by atoms with E-state index in [4.69, 9.17) is 25.9 Å². The van der Waals surface area contributed by atoms with Crippen LogP contribution in [0.4, 0.5) is 5.69 Å². The van der Waals surface area contributed by atoms with Gasteiger partial charge < -0.3 is 19.2 Å². The topological polar surface area (TPSA) is 119 Å². The summed E-state index contributed by atoms with van der Waals surface area (Å²) in [5.74, 6) is 0.451. The second-order valence-electron chi connectivity index (χ2n) is 16.6. The molecule has 0 bridgehead atoms. The first-order valence-electron chi connectivity index (χ1n) is 19.4. The number of primary sulfonamides is 1. The van der Waals surface area contributed by atoms with Gasteiger partial charge in [-0.3, -0.25) is 0 Å². The first-order valence-corrected chi connectivity index (χ1v) is 23.5. The standard InChI is InChI=1S/C41H61ClN2O6SSi/c1-8-36(51(43,47)48)18-17-35(50-52(27(2)3,28(4)5)29(6)7)16-13-30-11-12-33(30)24-44-25-41(21-9-10-31-22-34(42)15-19-37(31)41)26-49-39-20-14-32(40(45)46)23-38(39)44/h13-16,19-20,22-23,27-30,33,35-36H,8-12,17-18,21,24-26H2,1-7H3,(H,45,46)(H2,43,47,48)/b16-13+/t30-,33-,35+,36+,41?/m0/s1. The van der Waals surface area contributed by atoms with Crippen LogP contribution in [0.1, 0.15) is 115 Å². The van der Waals surface area contributed by atoms with Crippen LogP contribution in [0, 0.1) is 11.8 Å². The van der Waals surface area contributed by atoms with Gasteiger partial charge in [-0.2, -0.15) is 0 Å². The van der Waals surface area contributed by atoms with E-state index in [1.165, 1.54) is 11.1 Å². The maximum Gasteiger partial charge on any atom is 0.335 e. The van der Waals surface area contributed by atoms with Gasteiger partial charge in [0.25, 0.3) is 0 Å². The van der Waals surface area contributed by atoms with E-state index >= 15 is 0 Å². The fourth-order valence-electron chi connectivity index (χ4n) is 9.69. The first kappa shape index (κ1) is 40.8. The van der Waals surface area contributed by atoms with Crippen molar-refractivity contribution in [1.29, 1.82) is 0 Å². The second-order valence-corrected chi connectivity index (χ2v) is 24.3. The van der Waals surface area contributed by atoms with E-state index in [0.29, 0.717) is 54.3 Å². The molecule has 0 amide bonds. The average Bonchev–Trinajstić information content (AvgIpc) is 3.21. The molecule has 1 aliphatic heterocycles. The number of halogens is 1. The summed E-state index contributed by atoms with van der Waals surface area (Å²) in [6.45, 7) is 17.6. The Hall–Kier alpha value is -2.37. The number of anilines is 1. The highest BCUT2D eigenvalue weighted by atomic mass is 35.5. The lowest BCUT2D eigenvalue weighted by Crippen LogP contribution is -2.50. The number of hydrogen-bond donors (Lipinski definition) is 2. The van der Waals surface area contributed by atoms with Crippen molar-refractivity contribution >= 4 is 41.6 Å². The Labute approximate surface area is 318 Å². The molecule has 1 fully saturated rings. The maximum absolute atomic E-state index is 12.4. The number of carbonyl (C=O) groups is 1. The fraction of sp³-hybridized carbons (Fsp3) is 0.634. The molecule has 0 radical (unpaired) electrons. The molecule has 2 aliphatic carbocycles. The number of nitrogens with zero attached hydrogens (tertiary/aromatic N) is 1. The Kier molecular flexibility index (Phi) is 13.0. The van der Waals surface area contributed by atoms with E-state index in [1.807, 2.05) is 19.1 Å². The van der Waals surface area contributed by atoms with Gasteiger partial charge in [0, 0.05) is 23.5 Å². The monoisotopic (exact) mass is 772 g/mol. The Morgan fingerprint density at radius 2 is 1.81 bits per heavy atom. The molecule has 52 heavy (non-hydrogen) atoms. The molecule has 0 aromatic heterocycles. The lowest BCUT2D eigenvalue weighted by Gasteiger charge is -2.45. The quantitative estimate of drug-likeness (QED) is 0.137. The summed E-state index contributed by atoms with van der Waals surface area (Å²) < 4.78 is 38.6. The molecule has 2 aromatic carbocycles. The number of fused-ring (bicyclic) bond motifs is 3. The lowest BCUT2D eigenvalue weighted by molar-refractivity contribution is 0.0697. The van der Waals surface area contributed by atoms with Gasteiger partial charge in [-0.1, -0.05) is 78.3 Å². The number of allylic oxidation sites excluding steroid dienone is 1. The third-order valence-electron chi connectivity index (χ3n) is 12.5.